The van der Waals surface area contributed by atoms with E-state index in [9.17, 15) is 23.7 Å². The molecule has 0 aliphatic heterocycles. The maximum Gasteiger partial charge on any atom is 0.387 e. The summed E-state index contributed by atoms with van der Waals surface area (Å²) in [6.07, 6.45) is 2.99. The fraction of sp³-hybridized carbons (Fsp3) is 0.160. The van der Waals surface area contributed by atoms with E-state index in [1.807, 2.05) is 25.1 Å². The zero-order valence-corrected chi connectivity index (χ0v) is 17.7. The van der Waals surface area contributed by atoms with Crippen LogP contribution in [-0.4, -0.2) is 17.5 Å². The van der Waals surface area contributed by atoms with Gasteiger partial charge >= 0.3 is 12.6 Å². The summed E-state index contributed by atoms with van der Waals surface area (Å²) in [6.45, 7) is -1.11. The van der Waals surface area contributed by atoms with Gasteiger partial charge in [0.15, 0.2) is 5.60 Å². The number of carbonyl (C=O) groups excluding carboxylic acids is 1. The third-order valence-corrected chi connectivity index (χ3v) is 5.05. The maximum atomic E-state index is 12.8. The third kappa shape index (κ3) is 5.79. The third-order valence-electron chi connectivity index (χ3n) is 5.05. The predicted molar refractivity (Wildman–Crippen MR) is 119 cm³/mol. The molecule has 0 spiro atoms. The van der Waals surface area contributed by atoms with Crippen molar-refractivity contribution in [3.63, 3.8) is 0 Å². The number of non-ortho nitro benzene ring substituents is 1. The SMILES string of the molecule is CCC(OC(=O)/C=C/c1cccc([N+](=O)[O-])c1)(c1ccccc1)c1ccc(OC(F)F)cc1. The number of nitrogens with zero attached hydrogens (tertiary/aromatic N) is 1. The van der Waals surface area contributed by atoms with Crippen molar-refractivity contribution in [3.05, 3.63) is 112 Å². The second-order valence-corrected chi connectivity index (χ2v) is 7.06. The molecule has 0 aromatic heterocycles. The van der Waals surface area contributed by atoms with E-state index >= 15 is 0 Å². The molecule has 8 heteroatoms. The Morgan fingerprint density at radius 2 is 1.70 bits per heavy atom. The van der Waals surface area contributed by atoms with Crippen molar-refractivity contribution in [2.45, 2.75) is 25.6 Å². The summed E-state index contributed by atoms with van der Waals surface area (Å²) in [7, 11) is 0. The molecule has 0 N–H and O–H groups in total. The second kappa shape index (κ2) is 10.5. The molecular weight excluding hydrogens is 432 g/mol. The van der Waals surface area contributed by atoms with Crippen molar-refractivity contribution in [1.29, 1.82) is 0 Å². The summed E-state index contributed by atoms with van der Waals surface area (Å²) in [4.78, 5) is 23.2. The van der Waals surface area contributed by atoms with Crippen molar-refractivity contribution >= 4 is 17.7 Å². The number of benzene rings is 3. The summed E-state index contributed by atoms with van der Waals surface area (Å²) in [6, 6.07) is 20.8. The second-order valence-electron chi connectivity index (χ2n) is 7.06. The van der Waals surface area contributed by atoms with Gasteiger partial charge < -0.3 is 9.47 Å². The minimum atomic E-state index is -2.95. The van der Waals surface area contributed by atoms with Gasteiger partial charge in [0, 0.05) is 29.3 Å². The minimum Gasteiger partial charge on any atom is -0.446 e. The van der Waals surface area contributed by atoms with E-state index in [2.05, 4.69) is 4.74 Å². The average molecular weight is 453 g/mol. The van der Waals surface area contributed by atoms with Crippen molar-refractivity contribution in [2.24, 2.45) is 0 Å². The standard InChI is InChI=1S/C25H21F2NO5/c1-2-25(19-8-4-3-5-9-19,20-12-14-22(15-13-20)32-24(26)27)33-23(29)16-11-18-7-6-10-21(17-18)28(30)31/h3-17,24H,2H2,1H3/b16-11+. The smallest absolute Gasteiger partial charge is 0.387 e. The lowest BCUT2D eigenvalue weighted by Gasteiger charge is -2.33. The molecule has 6 nitrogen and oxygen atoms in total. The summed E-state index contributed by atoms with van der Waals surface area (Å²) in [5.74, 6) is -0.677. The number of rotatable bonds is 9. The van der Waals surface area contributed by atoms with Crippen molar-refractivity contribution in [2.75, 3.05) is 0 Å². The van der Waals surface area contributed by atoms with E-state index < -0.39 is 23.1 Å². The molecule has 0 aliphatic rings. The Bertz CT molecular complexity index is 1130. The largest absolute Gasteiger partial charge is 0.446 e. The van der Waals surface area contributed by atoms with Crippen LogP contribution in [0.1, 0.15) is 30.0 Å². The van der Waals surface area contributed by atoms with E-state index in [1.165, 1.54) is 42.5 Å². The number of carbonyl (C=O) groups is 1. The van der Waals surface area contributed by atoms with Gasteiger partial charge in [-0.15, -0.1) is 0 Å². The molecule has 3 aromatic carbocycles. The zero-order chi connectivity index (χ0) is 23.8. The summed E-state index contributed by atoms with van der Waals surface area (Å²) >= 11 is 0. The molecule has 0 amide bonds. The Morgan fingerprint density at radius 1 is 1.03 bits per heavy atom. The Hall–Kier alpha value is -4.07. The van der Waals surface area contributed by atoms with Crippen LogP contribution in [0.4, 0.5) is 14.5 Å². The van der Waals surface area contributed by atoms with Gasteiger partial charge in [-0.1, -0.05) is 61.5 Å². The van der Waals surface area contributed by atoms with Gasteiger partial charge in [0.2, 0.25) is 0 Å². The van der Waals surface area contributed by atoms with Gasteiger partial charge in [-0.05, 0) is 30.2 Å². The highest BCUT2D eigenvalue weighted by molar-refractivity contribution is 5.87. The molecule has 1 unspecified atom stereocenters. The molecule has 0 heterocycles. The van der Waals surface area contributed by atoms with Crippen LogP contribution in [0, 0.1) is 10.1 Å². The lowest BCUT2D eigenvalue weighted by Crippen LogP contribution is -2.32. The van der Waals surface area contributed by atoms with Gasteiger partial charge in [0.05, 0.1) is 4.92 Å². The number of halogens is 2. The first-order valence-electron chi connectivity index (χ1n) is 10.1. The lowest BCUT2D eigenvalue weighted by atomic mass is 9.83. The number of alkyl halides is 2. The van der Waals surface area contributed by atoms with Crippen LogP contribution in [0.15, 0.2) is 84.9 Å². The molecule has 0 radical (unpaired) electrons. The molecule has 170 valence electrons. The van der Waals surface area contributed by atoms with Gasteiger partial charge in [0.1, 0.15) is 5.75 Å². The number of nitro groups is 1. The number of ether oxygens (including phenoxy) is 2. The fourth-order valence-corrected chi connectivity index (χ4v) is 3.49. The van der Waals surface area contributed by atoms with Gasteiger partial charge in [-0.2, -0.15) is 8.78 Å². The number of hydrogen-bond donors (Lipinski definition) is 0. The number of hydrogen-bond acceptors (Lipinski definition) is 5. The average Bonchev–Trinajstić information content (AvgIpc) is 2.82. The molecule has 3 rings (SSSR count). The molecule has 0 aliphatic carbocycles. The highest BCUT2D eigenvalue weighted by Crippen LogP contribution is 2.38. The normalized spacial score (nSPS) is 13.0. The monoisotopic (exact) mass is 453 g/mol. The van der Waals surface area contributed by atoms with Gasteiger partial charge in [-0.25, -0.2) is 4.79 Å². The first-order valence-corrected chi connectivity index (χ1v) is 10.1. The minimum absolute atomic E-state index is 0.0105. The van der Waals surface area contributed by atoms with Crippen LogP contribution in [0.2, 0.25) is 0 Å². The van der Waals surface area contributed by atoms with E-state index in [-0.39, 0.29) is 11.4 Å². The Balaban J connectivity index is 1.92. The van der Waals surface area contributed by atoms with Crippen LogP contribution >= 0.6 is 0 Å². The predicted octanol–water partition coefficient (Wildman–Crippen LogP) is 6.11. The van der Waals surface area contributed by atoms with E-state index in [0.717, 1.165) is 0 Å². The quantitative estimate of drug-likeness (QED) is 0.169. The lowest BCUT2D eigenvalue weighted by molar-refractivity contribution is -0.384. The van der Waals surface area contributed by atoms with Crippen LogP contribution in [0.5, 0.6) is 5.75 Å². The van der Waals surface area contributed by atoms with Crippen molar-refractivity contribution < 1.29 is 28.0 Å². The summed E-state index contributed by atoms with van der Waals surface area (Å²) in [5.41, 5.74) is 0.469. The van der Waals surface area contributed by atoms with Crippen molar-refractivity contribution in [1.82, 2.24) is 0 Å². The molecular formula is C25H21F2NO5. The van der Waals surface area contributed by atoms with Crippen molar-refractivity contribution in [3.8, 4) is 5.75 Å². The van der Waals surface area contributed by atoms with E-state index in [0.29, 0.717) is 23.1 Å². The molecule has 0 saturated heterocycles. The molecule has 1 atom stereocenters. The van der Waals surface area contributed by atoms with Gasteiger partial charge in [-0.3, -0.25) is 10.1 Å². The van der Waals surface area contributed by atoms with Crippen LogP contribution in [-0.2, 0) is 15.1 Å². The maximum absolute atomic E-state index is 12.8. The highest BCUT2D eigenvalue weighted by atomic mass is 19.3. The molecule has 0 bridgehead atoms. The Kier molecular flexibility index (Phi) is 7.50. The van der Waals surface area contributed by atoms with Crippen LogP contribution in [0.25, 0.3) is 6.08 Å². The number of nitro benzene ring substituents is 1. The molecule has 33 heavy (non-hydrogen) atoms. The van der Waals surface area contributed by atoms with Crippen LogP contribution in [0.3, 0.4) is 0 Å². The summed E-state index contributed by atoms with van der Waals surface area (Å²) in [5, 5.41) is 11.0. The zero-order valence-electron chi connectivity index (χ0n) is 17.7. The Morgan fingerprint density at radius 3 is 2.30 bits per heavy atom. The topological polar surface area (TPSA) is 78.7 Å². The van der Waals surface area contributed by atoms with Crippen LogP contribution < -0.4 is 4.74 Å². The Labute approximate surface area is 189 Å². The van der Waals surface area contributed by atoms with E-state index in [1.54, 1.807) is 30.3 Å². The number of esters is 1. The first kappa shape index (κ1) is 23.6. The first-order chi connectivity index (χ1) is 15.8. The fourth-order valence-electron chi connectivity index (χ4n) is 3.49. The summed E-state index contributed by atoms with van der Waals surface area (Å²) < 4.78 is 35.4. The van der Waals surface area contributed by atoms with Gasteiger partial charge in [0.25, 0.3) is 5.69 Å². The highest BCUT2D eigenvalue weighted by Gasteiger charge is 2.36. The van der Waals surface area contributed by atoms with E-state index in [4.69, 9.17) is 4.74 Å². The molecule has 0 saturated carbocycles. The molecule has 3 aromatic rings. The molecule has 0 fully saturated rings.